The van der Waals surface area contributed by atoms with Gasteiger partial charge in [-0.05, 0) is 50.1 Å². The molecule has 0 saturated carbocycles. The summed E-state index contributed by atoms with van der Waals surface area (Å²) in [4.78, 5) is 4.81. The summed E-state index contributed by atoms with van der Waals surface area (Å²) in [6.45, 7) is 6.45. The standard InChI is InChI=1S/C18H20N2/c1-4-5-18-19-16-11-8-14(3)12-17(16)20(18)15-9-6-13(2)7-10-15/h6-12H,4-5H2,1-3H3. The molecular weight excluding hydrogens is 244 g/mol. The SMILES string of the molecule is CCCc1nc2ccc(C)cc2n1-c1ccc(C)cc1. The fourth-order valence-electron chi connectivity index (χ4n) is 2.61. The number of fused-ring (bicyclic) bond motifs is 1. The van der Waals surface area contributed by atoms with Gasteiger partial charge in [-0.25, -0.2) is 4.98 Å². The summed E-state index contributed by atoms with van der Waals surface area (Å²) in [7, 11) is 0. The van der Waals surface area contributed by atoms with Crippen LogP contribution >= 0.6 is 0 Å². The Morgan fingerprint density at radius 1 is 0.950 bits per heavy atom. The van der Waals surface area contributed by atoms with Crippen LogP contribution < -0.4 is 0 Å². The molecular formula is C18H20N2. The second-order valence-electron chi connectivity index (χ2n) is 5.44. The first-order valence-electron chi connectivity index (χ1n) is 7.24. The van der Waals surface area contributed by atoms with Gasteiger partial charge in [0, 0.05) is 12.1 Å². The molecule has 1 aromatic heterocycles. The van der Waals surface area contributed by atoms with Crippen molar-refractivity contribution in [3.05, 3.63) is 59.4 Å². The molecule has 0 amide bonds. The largest absolute Gasteiger partial charge is 0.296 e. The maximum Gasteiger partial charge on any atom is 0.114 e. The lowest BCUT2D eigenvalue weighted by atomic mass is 10.2. The summed E-state index contributed by atoms with van der Waals surface area (Å²) < 4.78 is 2.30. The highest BCUT2D eigenvalue weighted by Gasteiger charge is 2.11. The van der Waals surface area contributed by atoms with E-state index in [9.17, 15) is 0 Å². The summed E-state index contributed by atoms with van der Waals surface area (Å²) in [6, 6.07) is 15.1. The van der Waals surface area contributed by atoms with Crippen LogP contribution in [-0.2, 0) is 6.42 Å². The van der Waals surface area contributed by atoms with Crippen molar-refractivity contribution in [3.63, 3.8) is 0 Å². The van der Waals surface area contributed by atoms with Gasteiger partial charge in [-0.1, -0.05) is 30.7 Å². The zero-order valence-corrected chi connectivity index (χ0v) is 12.4. The van der Waals surface area contributed by atoms with Crippen LogP contribution in [0, 0.1) is 13.8 Å². The van der Waals surface area contributed by atoms with Crippen LogP contribution in [0.3, 0.4) is 0 Å². The summed E-state index contributed by atoms with van der Waals surface area (Å²) in [5.74, 6) is 1.15. The predicted octanol–water partition coefficient (Wildman–Crippen LogP) is 4.59. The molecule has 0 aliphatic carbocycles. The first-order chi connectivity index (χ1) is 9.69. The van der Waals surface area contributed by atoms with Gasteiger partial charge in [0.15, 0.2) is 0 Å². The van der Waals surface area contributed by atoms with Crippen molar-refractivity contribution < 1.29 is 0 Å². The van der Waals surface area contributed by atoms with Crippen LogP contribution in [0.5, 0.6) is 0 Å². The molecule has 0 spiro atoms. The Morgan fingerprint density at radius 3 is 2.35 bits per heavy atom. The molecule has 0 atom stereocenters. The Labute approximate surface area is 120 Å². The summed E-state index contributed by atoms with van der Waals surface area (Å²) in [6.07, 6.45) is 2.11. The second kappa shape index (κ2) is 5.12. The van der Waals surface area contributed by atoms with Crippen LogP contribution in [0.15, 0.2) is 42.5 Å². The maximum absolute atomic E-state index is 4.81. The van der Waals surface area contributed by atoms with E-state index in [-0.39, 0.29) is 0 Å². The van der Waals surface area contributed by atoms with Crippen molar-refractivity contribution in [3.8, 4) is 5.69 Å². The van der Waals surface area contributed by atoms with E-state index in [1.165, 1.54) is 22.3 Å². The first kappa shape index (κ1) is 12.9. The fourth-order valence-corrected chi connectivity index (χ4v) is 2.61. The number of aryl methyl sites for hydroxylation is 3. The molecule has 3 aromatic rings. The van der Waals surface area contributed by atoms with E-state index in [1.807, 2.05) is 0 Å². The molecule has 0 saturated heterocycles. The monoisotopic (exact) mass is 264 g/mol. The minimum atomic E-state index is 1.00. The molecule has 0 N–H and O–H groups in total. The number of imidazole rings is 1. The van der Waals surface area contributed by atoms with Crippen molar-refractivity contribution in [1.29, 1.82) is 0 Å². The third kappa shape index (κ3) is 2.22. The second-order valence-corrected chi connectivity index (χ2v) is 5.44. The van der Waals surface area contributed by atoms with Crippen molar-refractivity contribution in [2.75, 3.05) is 0 Å². The highest BCUT2D eigenvalue weighted by atomic mass is 15.1. The van der Waals surface area contributed by atoms with Gasteiger partial charge in [-0.2, -0.15) is 0 Å². The van der Waals surface area contributed by atoms with Gasteiger partial charge < -0.3 is 0 Å². The minimum Gasteiger partial charge on any atom is -0.296 e. The highest BCUT2D eigenvalue weighted by molar-refractivity contribution is 5.79. The van der Waals surface area contributed by atoms with Crippen molar-refractivity contribution >= 4 is 11.0 Å². The van der Waals surface area contributed by atoms with Gasteiger partial charge >= 0.3 is 0 Å². The van der Waals surface area contributed by atoms with Gasteiger partial charge in [-0.3, -0.25) is 4.57 Å². The van der Waals surface area contributed by atoms with E-state index in [0.29, 0.717) is 0 Å². The quantitative estimate of drug-likeness (QED) is 0.676. The molecule has 0 radical (unpaired) electrons. The minimum absolute atomic E-state index is 1.00. The molecule has 102 valence electrons. The number of rotatable bonds is 3. The Balaban J connectivity index is 2.27. The fraction of sp³-hybridized carbons (Fsp3) is 0.278. The molecule has 1 heterocycles. The Kier molecular flexibility index (Phi) is 3.31. The van der Waals surface area contributed by atoms with Gasteiger partial charge in [0.25, 0.3) is 0 Å². The lowest BCUT2D eigenvalue weighted by Gasteiger charge is -2.09. The smallest absolute Gasteiger partial charge is 0.114 e. The Hall–Kier alpha value is -2.09. The van der Waals surface area contributed by atoms with Gasteiger partial charge in [0.1, 0.15) is 5.82 Å². The molecule has 2 nitrogen and oxygen atoms in total. The van der Waals surface area contributed by atoms with Crippen LogP contribution in [0.1, 0.15) is 30.3 Å². The average molecular weight is 264 g/mol. The third-order valence-corrected chi connectivity index (χ3v) is 3.65. The predicted molar refractivity (Wildman–Crippen MR) is 84.5 cm³/mol. The zero-order valence-electron chi connectivity index (χ0n) is 12.4. The van der Waals surface area contributed by atoms with E-state index in [0.717, 1.165) is 24.2 Å². The number of nitrogens with zero attached hydrogens (tertiary/aromatic N) is 2. The first-order valence-corrected chi connectivity index (χ1v) is 7.24. The average Bonchev–Trinajstić information content (AvgIpc) is 2.78. The van der Waals surface area contributed by atoms with Gasteiger partial charge in [0.2, 0.25) is 0 Å². The van der Waals surface area contributed by atoms with Gasteiger partial charge in [-0.15, -0.1) is 0 Å². The summed E-state index contributed by atoms with van der Waals surface area (Å²) in [5, 5.41) is 0. The van der Waals surface area contributed by atoms with Crippen molar-refractivity contribution in [2.45, 2.75) is 33.6 Å². The zero-order chi connectivity index (χ0) is 14.1. The molecule has 0 aliphatic heterocycles. The number of hydrogen-bond acceptors (Lipinski definition) is 1. The summed E-state index contributed by atoms with van der Waals surface area (Å²) in [5.41, 5.74) is 6.05. The lowest BCUT2D eigenvalue weighted by Crippen LogP contribution is -2.01. The topological polar surface area (TPSA) is 17.8 Å². The van der Waals surface area contributed by atoms with Crippen LogP contribution in [0.4, 0.5) is 0 Å². The molecule has 2 aromatic carbocycles. The molecule has 0 bridgehead atoms. The third-order valence-electron chi connectivity index (χ3n) is 3.65. The Morgan fingerprint density at radius 2 is 1.65 bits per heavy atom. The molecule has 0 unspecified atom stereocenters. The highest BCUT2D eigenvalue weighted by Crippen LogP contribution is 2.23. The molecule has 0 aliphatic rings. The molecule has 3 rings (SSSR count). The van der Waals surface area contributed by atoms with E-state index >= 15 is 0 Å². The number of benzene rings is 2. The van der Waals surface area contributed by atoms with Crippen molar-refractivity contribution in [1.82, 2.24) is 9.55 Å². The molecule has 0 fully saturated rings. The van der Waals surface area contributed by atoms with E-state index in [1.54, 1.807) is 0 Å². The number of aromatic nitrogens is 2. The van der Waals surface area contributed by atoms with Gasteiger partial charge in [0.05, 0.1) is 11.0 Å². The molecule has 20 heavy (non-hydrogen) atoms. The summed E-state index contributed by atoms with van der Waals surface area (Å²) >= 11 is 0. The number of hydrogen-bond donors (Lipinski definition) is 0. The van der Waals surface area contributed by atoms with Crippen LogP contribution in [-0.4, -0.2) is 9.55 Å². The van der Waals surface area contributed by atoms with E-state index < -0.39 is 0 Å². The Bertz CT molecular complexity index is 736. The normalized spacial score (nSPS) is 11.2. The van der Waals surface area contributed by atoms with Crippen molar-refractivity contribution in [2.24, 2.45) is 0 Å². The lowest BCUT2D eigenvalue weighted by molar-refractivity contribution is 0.818. The van der Waals surface area contributed by atoms with Crippen LogP contribution in [0.2, 0.25) is 0 Å². The molecule has 2 heteroatoms. The van der Waals surface area contributed by atoms with E-state index in [4.69, 9.17) is 4.98 Å². The maximum atomic E-state index is 4.81. The van der Waals surface area contributed by atoms with E-state index in [2.05, 4.69) is 67.8 Å². The van der Waals surface area contributed by atoms with Crippen LogP contribution in [0.25, 0.3) is 16.7 Å².